The summed E-state index contributed by atoms with van der Waals surface area (Å²) in [6.07, 6.45) is 0. The second-order valence-corrected chi connectivity index (χ2v) is 3.71. The van der Waals surface area contributed by atoms with E-state index in [1.807, 2.05) is 6.92 Å². The Hall–Kier alpha value is -1.78. The van der Waals surface area contributed by atoms with Crippen LogP contribution in [0.2, 0.25) is 0 Å². The van der Waals surface area contributed by atoms with Gasteiger partial charge in [0.15, 0.2) is 0 Å². The van der Waals surface area contributed by atoms with Gasteiger partial charge in [0, 0.05) is 6.54 Å². The van der Waals surface area contributed by atoms with Crippen molar-refractivity contribution in [1.82, 2.24) is 5.32 Å². The van der Waals surface area contributed by atoms with E-state index in [9.17, 15) is 0 Å². The Morgan fingerprint density at radius 2 is 1.88 bits per heavy atom. The van der Waals surface area contributed by atoms with Gasteiger partial charge in [0.25, 0.3) is 0 Å². The summed E-state index contributed by atoms with van der Waals surface area (Å²) in [5.41, 5.74) is 1.30. The Morgan fingerprint density at radius 1 is 1.06 bits per heavy atom. The molecule has 0 radical (unpaired) electrons. The highest BCUT2D eigenvalue weighted by atomic mass is 14.8. The summed E-state index contributed by atoms with van der Waals surface area (Å²) in [6, 6.07) is 15.0. The van der Waals surface area contributed by atoms with Gasteiger partial charge in [0.1, 0.15) is 0 Å². The number of fused-ring (bicyclic) bond motifs is 1. The lowest BCUT2D eigenvalue weighted by Crippen LogP contribution is -2.12. The normalized spacial score (nSPS) is 9.81. The fraction of sp³-hybridized carbons (Fsp3) is 0.200. The SMILES string of the molecule is CC#CCNCc1ccc2ccccc2c1. The molecule has 0 fully saturated rings. The number of benzene rings is 2. The van der Waals surface area contributed by atoms with Crippen LogP contribution in [0.1, 0.15) is 12.5 Å². The smallest absolute Gasteiger partial charge is 0.0578 e. The quantitative estimate of drug-likeness (QED) is 0.605. The van der Waals surface area contributed by atoms with E-state index in [0.29, 0.717) is 0 Å². The van der Waals surface area contributed by atoms with Gasteiger partial charge in [-0.15, -0.1) is 5.92 Å². The van der Waals surface area contributed by atoms with E-state index in [1.54, 1.807) is 0 Å². The van der Waals surface area contributed by atoms with Crippen molar-refractivity contribution in [3.63, 3.8) is 0 Å². The fourth-order valence-corrected chi connectivity index (χ4v) is 1.71. The minimum Gasteiger partial charge on any atom is -0.302 e. The van der Waals surface area contributed by atoms with Gasteiger partial charge in [-0.2, -0.15) is 0 Å². The van der Waals surface area contributed by atoms with Gasteiger partial charge in [0.2, 0.25) is 0 Å². The average molecular weight is 209 g/mol. The van der Waals surface area contributed by atoms with Gasteiger partial charge < -0.3 is 5.32 Å². The maximum Gasteiger partial charge on any atom is 0.0578 e. The van der Waals surface area contributed by atoms with Crippen LogP contribution in [0.25, 0.3) is 10.8 Å². The predicted octanol–water partition coefficient (Wildman–Crippen LogP) is 2.95. The largest absolute Gasteiger partial charge is 0.302 e. The lowest BCUT2D eigenvalue weighted by atomic mass is 10.1. The zero-order valence-electron chi connectivity index (χ0n) is 9.46. The summed E-state index contributed by atoms with van der Waals surface area (Å²) >= 11 is 0. The second-order valence-electron chi connectivity index (χ2n) is 3.71. The highest BCUT2D eigenvalue weighted by molar-refractivity contribution is 5.82. The maximum absolute atomic E-state index is 3.29. The monoisotopic (exact) mass is 209 g/mol. The molecule has 2 rings (SSSR count). The Bertz CT molecular complexity index is 532. The third-order valence-corrected chi connectivity index (χ3v) is 2.53. The van der Waals surface area contributed by atoms with E-state index < -0.39 is 0 Å². The van der Waals surface area contributed by atoms with Crippen molar-refractivity contribution in [1.29, 1.82) is 0 Å². The third-order valence-electron chi connectivity index (χ3n) is 2.53. The summed E-state index contributed by atoms with van der Waals surface area (Å²) in [5, 5.41) is 5.88. The van der Waals surface area contributed by atoms with Gasteiger partial charge >= 0.3 is 0 Å². The molecule has 0 aliphatic rings. The maximum atomic E-state index is 3.29. The first-order valence-corrected chi connectivity index (χ1v) is 5.48. The molecule has 0 heterocycles. The van der Waals surface area contributed by atoms with Crippen molar-refractivity contribution in [2.75, 3.05) is 6.54 Å². The molecule has 0 unspecified atom stereocenters. The molecule has 16 heavy (non-hydrogen) atoms. The number of hydrogen-bond donors (Lipinski definition) is 1. The molecule has 1 N–H and O–H groups in total. The van der Waals surface area contributed by atoms with Gasteiger partial charge in [-0.1, -0.05) is 42.3 Å². The number of rotatable bonds is 3. The van der Waals surface area contributed by atoms with Gasteiger partial charge in [-0.25, -0.2) is 0 Å². The van der Waals surface area contributed by atoms with Crippen LogP contribution in [-0.2, 0) is 6.54 Å². The molecule has 0 aliphatic heterocycles. The summed E-state index contributed by atoms with van der Waals surface area (Å²) in [5.74, 6) is 5.87. The average Bonchev–Trinajstić information content (AvgIpc) is 2.34. The summed E-state index contributed by atoms with van der Waals surface area (Å²) in [7, 11) is 0. The topological polar surface area (TPSA) is 12.0 Å². The number of hydrogen-bond acceptors (Lipinski definition) is 1. The summed E-state index contributed by atoms with van der Waals surface area (Å²) in [4.78, 5) is 0. The molecule has 0 aromatic heterocycles. The van der Waals surface area contributed by atoms with E-state index >= 15 is 0 Å². The highest BCUT2D eigenvalue weighted by Gasteiger charge is 1.94. The Kier molecular flexibility index (Phi) is 3.58. The molecule has 0 saturated heterocycles. The van der Waals surface area contributed by atoms with Crippen molar-refractivity contribution in [2.24, 2.45) is 0 Å². The van der Waals surface area contributed by atoms with E-state index in [4.69, 9.17) is 0 Å². The highest BCUT2D eigenvalue weighted by Crippen LogP contribution is 2.15. The van der Waals surface area contributed by atoms with E-state index in [0.717, 1.165) is 13.1 Å². The molecule has 0 atom stereocenters. The fourth-order valence-electron chi connectivity index (χ4n) is 1.71. The molecule has 0 amide bonds. The first-order valence-electron chi connectivity index (χ1n) is 5.48. The Morgan fingerprint density at radius 3 is 2.69 bits per heavy atom. The van der Waals surface area contributed by atoms with Crippen LogP contribution >= 0.6 is 0 Å². The van der Waals surface area contributed by atoms with E-state index in [2.05, 4.69) is 59.6 Å². The lowest BCUT2D eigenvalue weighted by molar-refractivity contribution is 0.771. The molecule has 0 saturated carbocycles. The van der Waals surface area contributed by atoms with Crippen LogP contribution in [-0.4, -0.2) is 6.54 Å². The molecule has 80 valence electrons. The molecule has 1 nitrogen and oxygen atoms in total. The summed E-state index contributed by atoms with van der Waals surface area (Å²) in [6.45, 7) is 3.49. The number of nitrogens with one attached hydrogen (secondary N) is 1. The molecular weight excluding hydrogens is 194 g/mol. The molecule has 2 aromatic rings. The van der Waals surface area contributed by atoms with Crippen molar-refractivity contribution in [3.8, 4) is 11.8 Å². The first-order chi connectivity index (χ1) is 7.90. The molecule has 0 bridgehead atoms. The van der Waals surface area contributed by atoms with Gasteiger partial charge in [0.05, 0.1) is 6.54 Å². The minimum absolute atomic E-state index is 0.753. The van der Waals surface area contributed by atoms with Crippen LogP contribution in [0.3, 0.4) is 0 Å². The van der Waals surface area contributed by atoms with Crippen LogP contribution in [0.15, 0.2) is 42.5 Å². The van der Waals surface area contributed by atoms with Crippen LogP contribution < -0.4 is 5.32 Å². The third kappa shape index (κ3) is 2.62. The van der Waals surface area contributed by atoms with E-state index in [1.165, 1.54) is 16.3 Å². The summed E-state index contributed by atoms with van der Waals surface area (Å²) < 4.78 is 0. The zero-order chi connectivity index (χ0) is 11.2. The second kappa shape index (κ2) is 5.34. The van der Waals surface area contributed by atoms with Gasteiger partial charge in [-0.05, 0) is 29.3 Å². The van der Waals surface area contributed by atoms with Crippen LogP contribution in [0, 0.1) is 11.8 Å². The van der Waals surface area contributed by atoms with E-state index in [-0.39, 0.29) is 0 Å². The molecule has 0 spiro atoms. The molecular formula is C15H15N. The van der Waals surface area contributed by atoms with Crippen LogP contribution in [0.4, 0.5) is 0 Å². The Labute approximate surface area is 96.5 Å². The zero-order valence-corrected chi connectivity index (χ0v) is 9.46. The Balaban J connectivity index is 2.09. The van der Waals surface area contributed by atoms with Crippen molar-refractivity contribution < 1.29 is 0 Å². The standard InChI is InChI=1S/C15H15N/c1-2-3-10-16-12-13-8-9-14-6-4-5-7-15(14)11-13/h4-9,11,16H,10,12H2,1H3. The molecule has 2 aromatic carbocycles. The molecule has 0 aliphatic carbocycles. The van der Waals surface area contributed by atoms with Crippen molar-refractivity contribution in [3.05, 3.63) is 48.0 Å². The molecule has 1 heteroatoms. The lowest BCUT2D eigenvalue weighted by Gasteiger charge is -2.03. The van der Waals surface area contributed by atoms with Crippen molar-refractivity contribution >= 4 is 10.8 Å². The van der Waals surface area contributed by atoms with Gasteiger partial charge in [-0.3, -0.25) is 0 Å². The minimum atomic E-state index is 0.753. The predicted molar refractivity (Wildman–Crippen MR) is 69.1 cm³/mol. The first kappa shape index (κ1) is 10.7. The van der Waals surface area contributed by atoms with Crippen molar-refractivity contribution in [2.45, 2.75) is 13.5 Å². The van der Waals surface area contributed by atoms with Crippen LogP contribution in [0.5, 0.6) is 0 Å².